The van der Waals surface area contributed by atoms with Gasteiger partial charge in [0.2, 0.25) is 5.91 Å². The van der Waals surface area contributed by atoms with Gasteiger partial charge in [-0.15, -0.1) is 0 Å². The molecule has 1 unspecified atom stereocenters. The quantitative estimate of drug-likeness (QED) is 0.896. The van der Waals surface area contributed by atoms with E-state index in [9.17, 15) is 23.2 Å². The number of nitrogens with zero attached hydrogens (tertiary/aromatic N) is 2. The minimum Gasteiger partial charge on any atom is -0.480 e. The second kappa shape index (κ2) is 8.04. The highest BCUT2D eigenvalue weighted by Gasteiger charge is 2.29. The average Bonchev–Trinajstić information content (AvgIpc) is 2.80. The Bertz CT molecular complexity index is 681. The molecule has 0 aliphatic carbocycles. The van der Waals surface area contributed by atoms with Crippen LogP contribution in [0.25, 0.3) is 0 Å². The van der Waals surface area contributed by atoms with Crippen molar-refractivity contribution in [1.29, 1.82) is 0 Å². The lowest BCUT2D eigenvalue weighted by Gasteiger charge is -2.28. The van der Waals surface area contributed by atoms with E-state index in [2.05, 4.69) is 0 Å². The zero-order chi connectivity index (χ0) is 18.6. The molecule has 136 valence electrons. The van der Waals surface area contributed by atoms with Crippen molar-refractivity contribution in [2.75, 3.05) is 19.6 Å². The fourth-order valence-corrected chi connectivity index (χ4v) is 3.08. The number of aliphatic carboxylic acids is 1. The number of amides is 2. The molecule has 0 bridgehead atoms. The Kier molecular flexibility index (Phi) is 6.06. The van der Waals surface area contributed by atoms with Crippen LogP contribution in [0, 0.1) is 11.6 Å². The molecule has 1 saturated heterocycles. The van der Waals surface area contributed by atoms with Gasteiger partial charge in [-0.25, -0.2) is 8.78 Å². The second-order valence-corrected chi connectivity index (χ2v) is 6.02. The molecular formula is C17H20F2N2O4. The van der Waals surface area contributed by atoms with E-state index in [0.717, 1.165) is 6.07 Å². The summed E-state index contributed by atoms with van der Waals surface area (Å²) in [7, 11) is 0. The summed E-state index contributed by atoms with van der Waals surface area (Å²) in [6, 6.07) is 3.15. The monoisotopic (exact) mass is 354 g/mol. The van der Waals surface area contributed by atoms with Crippen LogP contribution in [0.3, 0.4) is 0 Å². The number of carboxylic acids is 1. The highest BCUT2D eigenvalue weighted by molar-refractivity contribution is 5.94. The number of likely N-dealkylation sites (tertiary alicyclic amines) is 1. The predicted octanol–water partition coefficient (Wildman–Crippen LogP) is 1.89. The standard InChI is InChI=1S/C17H20F2N2O4/c1-11(22)21(10-15(23)24)12-4-3-8-20(9-7-12)17(25)13-5-2-6-14(18)16(13)19/h2,5-6,12H,3-4,7-10H2,1H3,(H,23,24). The molecule has 25 heavy (non-hydrogen) atoms. The second-order valence-electron chi connectivity index (χ2n) is 6.02. The van der Waals surface area contributed by atoms with Crippen LogP contribution in [0.15, 0.2) is 18.2 Å². The molecule has 1 aromatic carbocycles. The van der Waals surface area contributed by atoms with E-state index >= 15 is 0 Å². The Morgan fingerprint density at radius 3 is 2.60 bits per heavy atom. The Morgan fingerprint density at radius 2 is 1.96 bits per heavy atom. The molecule has 1 aromatic rings. The fourth-order valence-electron chi connectivity index (χ4n) is 3.08. The van der Waals surface area contributed by atoms with Gasteiger partial charge in [0.1, 0.15) is 6.54 Å². The highest BCUT2D eigenvalue weighted by Crippen LogP contribution is 2.20. The number of carbonyl (C=O) groups excluding carboxylic acids is 2. The zero-order valence-electron chi connectivity index (χ0n) is 13.9. The Balaban J connectivity index is 2.10. The highest BCUT2D eigenvalue weighted by atomic mass is 19.2. The molecule has 8 heteroatoms. The number of halogens is 2. The Hall–Kier alpha value is -2.51. The molecule has 1 aliphatic heterocycles. The summed E-state index contributed by atoms with van der Waals surface area (Å²) in [4.78, 5) is 37.8. The van der Waals surface area contributed by atoms with Gasteiger partial charge in [-0.05, 0) is 31.4 Å². The number of hydrogen-bond acceptors (Lipinski definition) is 3. The first-order valence-electron chi connectivity index (χ1n) is 8.03. The lowest BCUT2D eigenvalue weighted by molar-refractivity contribution is -0.145. The van der Waals surface area contributed by atoms with Crippen molar-refractivity contribution in [2.45, 2.75) is 32.2 Å². The van der Waals surface area contributed by atoms with E-state index in [1.54, 1.807) is 0 Å². The molecule has 1 heterocycles. The van der Waals surface area contributed by atoms with E-state index in [-0.39, 0.29) is 24.1 Å². The summed E-state index contributed by atoms with van der Waals surface area (Å²) in [5, 5.41) is 8.94. The topological polar surface area (TPSA) is 77.9 Å². The van der Waals surface area contributed by atoms with Crippen molar-refractivity contribution in [2.24, 2.45) is 0 Å². The maximum Gasteiger partial charge on any atom is 0.323 e. The average molecular weight is 354 g/mol. The molecule has 0 radical (unpaired) electrons. The molecule has 1 fully saturated rings. The summed E-state index contributed by atoms with van der Waals surface area (Å²) < 4.78 is 27.1. The van der Waals surface area contributed by atoms with Gasteiger partial charge >= 0.3 is 5.97 Å². The summed E-state index contributed by atoms with van der Waals surface area (Å²) in [6.07, 6.45) is 1.47. The van der Waals surface area contributed by atoms with Crippen molar-refractivity contribution >= 4 is 17.8 Å². The van der Waals surface area contributed by atoms with E-state index < -0.39 is 30.1 Å². The van der Waals surface area contributed by atoms with Gasteiger partial charge < -0.3 is 14.9 Å². The molecule has 0 spiro atoms. The van der Waals surface area contributed by atoms with Crippen molar-refractivity contribution in [3.63, 3.8) is 0 Å². The summed E-state index contributed by atoms with van der Waals surface area (Å²) in [6.45, 7) is 1.48. The van der Waals surface area contributed by atoms with Crippen LogP contribution in [0.1, 0.15) is 36.5 Å². The van der Waals surface area contributed by atoms with Crippen LogP contribution in [0.4, 0.5) is 8.78 Å². The first-order chi connectivity index (χ1) is 11.8. The van der Waals surface area contributed by atoms with Gasteiger partial charge in [0.05, 0.1) is 5.56 Å². The van der Waals surface area contributed by atoms with Gasteiger partial charge in [-0.3, -0.25) is 14.4 Å². The predicted molar refractivity (Wildman–Crippen MR) is 84.9 cm³/mol. The van der Waals surface area contributed by atoms with Crippen LogP contribution < -0.4 is 0 Å². The van der Waals surface area contributed by atoms with Crippen LogP contribution in [-0.4, -0.2) is 58.4 Å². The van der Waals surface area contributed by atoms with Crippen molar-refractivity contribution in [3.8, 4) is 0 Å². The van der Waals surface area contributed by atoms with Crippen LogP contribution in [0.2, 0.25) is 0 Å². The molecule has 2 rings (SSSR count). The van der Waals surface area contributed by atoms with Crippen molar-refractivity contribution in [3.05, 3.63) is 35.4 Å². The van der Waals surface area contributed by atoms with Gasteiger partial charge in [-0.2, -0.15) is 0 Å². The first-order valence-corrected chi connectivity index (χ1v) is 8.03. The van der Waals surface area contributed by atoms with E-state index in [1.807, 2.05) is 0 Å². The smallest absolute Gasteiger partial charge is 0.323 e. The van der Waals surface area contributed by atoms with Gasteiger partial charge in [0.15, 0.2) is 11.6 Å². The minimum atomic E-state index is -1.18. The summed E-state index contributed by atoms with van der Waals surface area (Å²) >= 11 is 0. The third-order valence-electron chi connectivity index (χ3n) is 4.32. The lowest BCUT2D eigenvalue weighted by atomic mass is 10.1. The number of benzene rings is 1. The molecule has 1 N–H and O–H groups in total. The van der Waals surface area contributed by atoms with Crippen molar-refractivity contribution in [1.82, 2.24) is 9.80 Å². The third kappa shape index (κ3) is 4.52. The third-order valence-corrected chi connectivity index (χ3v) is 4.32. The number of carbonyl (C=O) groups is 3. The zero-order valence-corrected chi connectivity index (χ0v) is 13.9. The van der Waals surface area contributed by atoms with E-state index in [1.165, 1.54) is 28.9 Å². The van der Waals surface area contributed by atoms with Crippen LogP contribution >= 0.6 is 0 Å². The van der Waals surface area contributed by atoms with E-state index in [0.29, 0.717) is 25.8 Å². The Morgan fingerprint density at radius 1 is 1.24 bits per heavy atom. The Labute approximate surface area is 144 Å². The summed E-state index contributed by atoms with van der Waals surface area (Å²) in [5.74, 6) is -4.31. The maximum atomic E-state index is 13.8. The maximum absolute atomic E-state index is 13.8. The number of carboxylic acid groups (broad SMARTS) is 1. The molecule has 0 saturated carbocycles. The largest absolute Gasteiger partial charge is 0.480 e. The fraction of sp³-hybridized carbons (Fsp3) is 0.471. The first kappa shape index (κ1) is 18.8. The van der Waals surface area contributed by atoms with Gasteiger partial charge in [0, 0.05) is 26.1 Å². The normalized spacial score (nSPS) is 17.7. The SMILES string of the molecule is CC(=O)N(CC(=O)O)C1CCCN(C(=O)c2cccc(F)c2F)CC1. The van der Waals surface area contributed by atoms with Gasteiger partial charge in [-0.1, -0.05) is 6.07 Å². The molecule has 0 aromatic heterocycles. The van der Waals surface area contributed by atoms with E-state index in [4.69, 9.17) is 5.11 Å². The lowest BCUT2D eigenvalue weighted by Crippen LogP contribution is -2.43. The van der Waals surface area contributed by atoms with Crippen LogP contribution in [0.5, 0.6) is 0 Å². The molecule has 1 aliphatic rings. The molecule has 2 amide bonds. The summed E-state index contributed by atoms with van der Waals surface area (Å²) in [5.41, 5.74) is -0.326. The number of rotatable bonds is 4. The van der Waals surface area contributed by atoms with Crippen molar-refractivity contribution < 1.29 is 28.3 Å². The molecular weight excluding hydrogens is 334 g/mol. The van der Waals surface area contributed by atoms with Gasteiger partial charge in [0.25, 0.3) is 5.91 Å². The minimum absolute atomic E-state index is 0.239. The molecule has 6 nitrogen and oxygen atoms in total. The van der Waals surface area contributed by atoms with Crippen LogP contribution in [-0.2, 0) is 9.59 Å². The number of hydrogen-bond donors (Lipinski definition) is 1. The molecule has 1 atom stereocenters.